The monoisotopic (exact) mass is 596 g/mol. The molecule has 0 saturated carbocycles. The maximum Gasteiger partial charge on any atom is 0.410 e. The molecule has 230 valence electrons. The number of aliphatic hydroxyl groups is 1. The lowest BCUT2D eigenvalue weighted by Gasteiger charge is -2.41. The van der Waals surface area contributed by atoms with E-state index in [-0.39, 0.29) is 23.7 Å². The Bertz CT molecular complexity index is 1380. The molecule has 8 nitrogen and oxygen atoms in total. The lowest BCUT2D eigenvalue weighted by Crippen LogP contribution is -2.46. The standard InChI is InChI=1S/C33H48N2O6Si/c1-32(2,3)40-31(38)35(20-12-13-21-36)22-28(41-42(7,8)33(4,5)6)25-16-18-27(30-26(25)17-19-29(37)34-30)39-23-24-14-10-9-11-15-24/h9-11,14-19,28,36H,12-13,20-23H2,1-8H3,(H,34,37). The molecule has 1 amide bonds. The predicted octanol–water partition coefficient (Wildman–Crippen LogP) is 7.18. The van der Waals surface area contributed by atoms with E-state index in [0.717, 1.165) is 16.5 Å². The molecule has 1 atom stereocenters. The number of pyridine rings is 1. The van der Waals surface area contributed by atoms with Crippen LogP contribution in [-0.2, 0) is 15.8 Å². The zero-order chi connectivity index (χ0) is 31.1. The van der Waals surface area contributed by atoms with Crippen molar-refractivity contribution in [2.45, 2.75) is 90.8 Å². The van der Waals surface area contributed by atoms with Crippen LogP contribution in [0.3, 0.4) is 0 Å². The van der Waals surface area contributed by atoms with Gasteiger partial charge in [-0.15, -0.1) is 0 Å². The summed E-state index contributed by atoms with van der Waals surface area (Å²) < 4.78 is 19.0. The number of unbranched alkanes of at least 4 members (excludes halogenated alkanes) is 1. The highest BCUT2D eigenvalue weighted by Gasteiger charge is 2.40. The summed E-state index contributed by atoms with van der Waals surface area (Å²) in [7, 11) is -2.33. The molecule has 0 saturated heterocycles. The first-order chi connectivity index (χ1) is 19.6. The van der Waals surface area contributed by atoms with E-state index in [0.29, 0.717) is 37.3 Å². The smallest absolute Gasteiger partial charge is 0.410 e. The van der Waals surface area contributed by atoms with Crippen molar-refractivity contribution < 1.29 is 23.8 Å². The average Bonchev–Trinajstić information content (AvgIpc) is 2.89. The molecular formula is C33H48N2O6Si. The van der Waals surface area contributed by atoms with Gasteiger partial charge in [0.1, 0.15) is 18.0 Å². The van der Waals surface area contributed by atoms with Gasteiger partial charge in [0.2, 0.25) is 5.56 Å². The van der Waals surface area contributed by atoms with Crippen molar-refractivity contribution in [1.29, 1.82) is 0 Å². The van der Waals surface area contributed by atoms with Crippen molar-refractivity contribution >= 4 is 25.3 Å². The Labute approximate surface area is 251 Å². The molecular weight excluding hydrogens is 548 g/mol. The van der Waals surface area contributed by atoms with Gasteiger partial charge in [0, 0.05) is 24.6 Å². The molecule has 0 fully saturated rings. The highest BCUT2D eigenvalue weighted by Crippen LogP contribution is 2.41. The highest BCUT2D eigenvalue weighted by molar-refractivity contribution is 6.74. The summed E-state index contributed by atoms with van der Waals surface area (Å²) in [6.45, 7) is 17.5. The third-order valence-corrected chi connectivity index (χ3v) is 12.1. The number of nitrogens with one attached hydrogen (secondary N) is 1. The molecule has 1 unspecified atom stereocenters. The molecule has 0 aliphatic heterocycles. The third-order valence-electron chi connectivity index (χ3n) is 7.59. The fraction of sp³-hybridized carbons (Fsp3) is 0.515. The van der Waals surface area contributed by atoms with Crippen LogP contribution < -0.4 is 10.3 Å². The second-order valence-electron chi connectivity index (χ2n) is 13.3. The Balaban J connectivity index is 2.09. The van der Waals surface area contributed by atoms with Crippen LogP contribution in [0.5, 0.6) is 5.75 Å². The summed E-state index contributed by atoms with van der Waals surface area (Å²) in [5.74, 6) is 0.563. The van der Waals surface area contributed by atoms with Crippen molar-refractivity contribution in [2.75, 3.05) is 19.7 Å². The van der Waals surface area contributed by atoms with Gasteiger partial charge in [-0.3, -0.25) is 4.79 Å². The second kappa shape index (κ2) is 13.9. The highest BCUT2D eigenvalue weighted by atomic mass is 28.4. The third kappa shape index (κ3) is 9.18. The maximum absolute atomic E-state index is 13.4. The van der Waals surface area contributed by atoms with Crippen molar-refractivity contribution in [3.05, 3.63) is 76.1 Å². The summed E-state index contributed by atoms with van der Waals surface area (Å²) >= 11 is 0. The van der Waals surface area contributed by atoms with Crippen LogP contribution in [0, 0.1) is 0 Å². The molecule has 2 N–H and O–H groups in total. The van der Waals surface area contributed by atoms with Crippen molar-refractivity contribution in [3.63, 3.8) is 0 Å². The molecule has 1 heterocycles. The molecule has 2 aromatic carbocycles. The summed E-state index contributed by atoms with van der Waals surface area (Å²) in [5, 5.41) is 10.1. The van der Waals surface area contributed by atoms with Gasteiger partial charge in [0.25, 0.3) is 0 Å². The van der Waals surface area contributed by atoms with Crippen LogP contribution in [0.15, 0.2) is 59.4 Å². The molecule has 3 rings (SSSR count). The lowest BCUT2D eigenvalue weighted by molar-refractivity contribution is 0.0151. The van der Waals surface area contributed by atoms with Gasteiger partial charge in [-0.1, -0.05) is 57.2 Å². The summed E-state index contributed by atoms with van der Waals surface area (Å²) in [6.07, 6.45) is 0.280. The van der Waals surface area contributed by atoms with E-state index in [1.807, 2.05) is 63.2 Å². The summed E-state index contributed by atoms with van der Waals surface area (Å²) in [4.78, 5) is 30.5. The van der Waals surface area contributed by atoms with Crippen LogP contribution in [0.25, 0.3) is 10.9 Å². The van der Waals surface area contributed by atoms with Crippen molar-refractivity contribution in [3.8, 4) is 5.75 Å². The first-order valence-corrected chi connectivity index (χ1v) is 17.6. The molecule has 42 heavy (non-hydrogen) atoms. The van der Waals surface area contributed by atoms with Gasteiger partial charge in [-0.25, -0.2) is 4.79 Å². The van der Waals surface area contributed by atoms with Gasteiger partial charge < -0.3 is 28.9 Å². The Morgan fingerprint density at radius 1 is 0.976 bits per heavy atom. The van der Waals surface area contributed by atoms with Gasteiger partial charge in [-0.05, 0) is 75.0 Å². The molecule has 0 spiro atoms. The molecule has 0 aliphatic carbocycles. The number of benzene rings is 2. The molecule has 0 bridgehead atoms. The Morgan fingerprint density at radius 2 is 1.67 bits per heavy atom. The normalized spacial score (nSPS) is 13.2. The number of carbonyl (C=O) groups excluding carboxylic acids is 1. The first-order valence-electron chi connectivity index (χ1n) is 14.7. The molecule has 1 aromatic heterocycles. The van der Waals surface area contributed by atoms with Crippen LogP contribution in [0.4, 0.5) is 4.79 Å². The molecule has 3 aromatic rings. The largest absolute Gasteiger partial charge is 0.487 e. The zero-order valence-corrected chi connectivity index (χ0v) is 27.5. The van der Waals surface area contributed by atoms with E-state index in [4.69, 9.17) is 13.9 Å². The van der Waals surface area contributed by atoms with E-state index in [2.05, 4.69) is 38.8 Å². The van der Waals surface area contributed by atoms with Gasteiger partial charge in [0.15, 0.2) is 8.32 Å². The predicted molar refractivity (Wildman–Crippen MR) is 170 cm³/mol. The number of aromatic amines is 1. The number of H-pyrrole nitrogens is 1. The molecule has 0 radical (unpaired) electrons. The number of ether oxygens (including phenoxy) is 2. The summed E-state index contributed by atoms with van der Waals surface area (Å²) in [6, 6.07) is 17.0. The van der Waals surface area contributed by atoms with Crippen LogP contribution >= 0.6 is 0 Å². The number of aromatic nitrogens is 1. The fourth-order valence-corrected chi connectivity index (χ4v) is 5.58. The van der Waals surface area contributed by atoms with Crippen molar-refractivity contribution in [2.24, 2.45) is 0 Å². The Kier molecular flexibility index (Phi) is 11.0. The number of hydrogen-bond donors (Lipinski definition) is 2. The molecule has 9 heteroatoms. The van der Waals surface area contributed by atoms with Crippen LogP contribution in [0.2, 0.25) is 18.1 Å². The van der Waals surface area contributed by atoms with Gasteiger partial charge >= 0.3 is 6.09 Å². The van der Waals surface area contributed by atoms with Crippen LogP contribution in [-0.4, -0.2) is 54.7 Å². The van der Waals surface area contributed by atoms with Crippen molar-refractivity contribution in [1.82, 2.24) is 9.88 Å². The average molecular weight is 597 g/mol. The summed E-state index contributed by atoms with van der Waals surface area (Å²) in [5.41, 5.74) is 1.57. The topological polar surface area (TPSA) is 101 Å². The number of aliphatic hydroxyl groups excluding tert-OH is 1. The number of rotatable bonds is 12. The van der Waals surface area contributed by atoms with Crippen LogP contribution in [0.1, 0.15) is 71.6 Å². The number of hydrogen-bond acceptors (Lipinski definition) is 6. The zero-order valence-electron chi connectivity index (χ0n) is 26.5. The number of amides is 1. The minimum absolute atomic E-state index is 0.0501. The van der Waals surface area contributed by atoms with E-state index < -0.39 is 26.1 Å². The number of nitrogens with zero attached hydrogens (tertiary/aromatic N) is 1. The van der Waals surface area contributed by atoms with E-state index in [9.17, 15) is 14.7 Å². The second-order valence-corrected chi connectivity index (χ2v) is 18.0. The van der Waals surface area contributed by atoms with E-state index >= 15 is 0 Å². The first kappa shape index (κ1) is 33.4. The van der Waals surface area contributed by atoms with E-state index in [1.54, 1.807) is 11.0 Å². The van der Waals surface area contributed by atoms with Gasteiger partial charge in [0.05, 0.1) is 18.2 Å². The minimum Gasteiger partial charge on any atom is -0.487 e. The van der Waals surface area contributed by atoms with Gasteiger partial charge in [-0.2, -0.15) is 0 Å². The SMILES string of the molecule is CC(C)(C)OC(=O)N(CCCCO)CC(O[Si](C)(C)C(C)(C)C)c1ccc(OCc2ccccc2)c2[nH]c(=O)ccc12. The fourth-order valence-electron chi connectivity index (χ4n) is 4.31. The lowest BCUT2D eigenvalue weighted by atomic mass is 10.0. The Morgan fingerprint density at radius 3 is 2.29 bits per heavy atom. The maximum atomic E-state index is 13.4. The number of fused-ring (bicyclic) bond motifs is 1. The minimum atomic E-state index is -2.33. The quantitative estimate of drug-likeness (QED) is 0.170. The molecule has 0 aliphatic rings. The van der Waals surface area contributed by atoms with E-state index in [1.165, 1.54) is 6.07 Å². The number of carbonyl (C=O) groups is 1. The Hall–Kier alpha value is -3.14.